The first kappa shape index (κ1) is 23.5. The highest BCUT2D eigenvalue weighted by Gasteiger charge is 1.99. The predicted molar refractivity (Wildman–Crippen MR) is 115 cm³/mol. The van der Waals surface area contributed by atoms with E-state index in [0.717, 1.165) is 31.0 Å². The summed E-state index contributed by atoms with van der Waals surface area (Å²) in [7, 11) is 3.15. The number of fused-ring (bicyclic) bond motifs is 1. The lowest BCUT2D eigenvalue weighted by Gasteiger charge is -2.17. The molecule has 2 N–H and O–H groups in total. The second-order valence-electron chi connectivity index (χ2n) is 5.41. The molecule has 0 aliphatic heterocycles. The lowest BCUT2D eigenvalue weighted by molar-refractivity contribution is 0.296. The highest BCUT2D eigenvalue weighted by molar-refractivity contribution is 7.80. The summed E-state index contributed by atoms with van der Waals surface area (Å²) in [6.45, 7) is 7.86. The SMILES string of the molecule is CCN(CC)CCCCC(=S)OC.CN.c1ccc2ccccc2c1. The van der Waals surface area contributed by atoms with Crippen LogP contribution in [-0.4, -0.2) is 43.7 Å². The van der Waals surface area contributed by atoms with Crippen molar-refractivity contribution in [2.45, 2.75) is 33.1 Å². The Kier molecular flexibility index (Phi) is 15.1. The summed E-state index contributed by atoms with van der Waals surface area (Å²) >= 11 is 4.96. The molecule has 0 atom stereocenters. The standard InChI is InChI=1S/C10H21NOS.C10H8.CH5N/c1-4-11(5-2)9-7-6-8-10(13)12-3;1-2-6-10-8-4-3-7-9(10)5-1;1-2/h4-9H2,1-3H3;1-8H;2H2,1H3. The van der Waals surface area contributed by atoms with Crippen LogP contribution in [0, 0.1) is 0 Å². The Morgan fingerprint density at radius 1 is 0.920 bits per heavy atom. The Morgan fingerprint density at radius 3 is 1.72 bits per heavy atom. The second-order valence-corrected chi connectivity index (χ2v) is 5.86. The minimum atomic E-state index is 0.736. The number of hydrogen-bond acceptors (Lipinski definition) is 4. The molecule has 0 radical (unpaired) electrons. The zero-order valence-corrected chi connectivity index (χ0v) is 17.0. The Balaban J connectivity index is 0.000000426. The van der Waals surface area contributed by atoms with Gasteiger partial charge in [0.15, 0.2) is 5.05 Å². The molecule has 0 heterocycles. The van der Waals surface area contributed by atoms with E-state index in [1.165, 1.54) is 30.8 Å². The summed E-state index contributed by atoms with van der Waals surface area (Å²) in [5.74, 6) is 0. The van der Waals surface area contributed by atoms with E-state index >= 15 is 0 Å². The summed E-state index contributed by atoms with van der Waals surface area (Å²) in [4.78, 5) is 2.43. The van der Waals surface area contributed by atoms with Crippen molar-refractivity contribution in [3.63, 3.8) is 0 Å². The number of hydrogen-bond donors (Lipinski definition) is 1. The number of methoxy groups -OCH3 is 1. The van der Waals surface area contributed by atoms with Crippen LogP contribution < -0.4 is 5.73 Å². The van der Waals surface area contributed by atoms with Crippen molar-refractivity contribution in [1.29, 1.82) is 0 Å². The maximum absolute atomic E-state index is 4.96. The lowest BCUT2D eigenvalue weighted by Crippen LogP contribution is -2.23. The van der Waals surface area contributed by atoms with Crippen molar-refractivity contribution in [2.75, 3.05) is 33.8 Å². The molecule has 0 amide bonds. The van der Waals surface area contributed by atoms with Gasteiger partial charge in [0, 0.05) is 6.42 Å². The Hall–Kier alpha value is -1.49. The van der Waals surface area contributed by atoms with Crippen molar-refractivity contribution in [3.8, 4) is 0 Å². The Bertz CT molecular complexity index is 505. The van der Waals surface area contributed by atoms with E-state index in [1.807, 2.05) is 0 Å². The topological polar surface area (TPSA) is 38.5 Å². The third-order valence-corrected chi connectivity index (χ3v) is 4.26. The predicted octanol–water partition coefficient (Wildman–Crippen LogP) is 4.89. The van der Waals surface area contributed by atoms with Crippen LogP contribution >= 0.6 is 12.2 Å². The van der Waals surface area contributed by atoms with Gasteiger partial charge in [-0.15, -0.1) is 0 Å². The van der Waals surface area contributed by atoms with E-state index in [2.05, 4.69) is 73.0 Å². The van der Waals surface area contributed by atoms with Gasteiger partial charge in [0.25, 0.3) is 0 Å². The van der Waals surface area contributed by atoms with E-state index in [4.69, 9.17) is 17.0 Å². The molecule has 0 aliphatic rings. The summed E-state index contributed by atoms with van der Waals surface area (Å²) in [5, 5.41) is 3.36. The number of rotatable bonds is 7. The second kappa shape index (κ2) is 16.0. The van der Waals surface area contributed by atoms with Crippen LogP contribution in [0.4, 0.5) is 0 Å². The first-order valence-corrected chi connectivity index (χ1v) is 9.42. The van der Waals surface area contributed by atoms with Gasteiger partial charge in [-0.2, -0.15) is 0 Å². The van der Waals surface area contributed by atoms with E-state index < -0.39 is 0 Å². The molecule has 0 unspecified atom stereocenters. The Labute approximate surface area is 159 Å². The third kappa shape index (κ3) is 10.9. The molecular weight excluding hydrogens is 328 g/mol. The number of nitrogens with zero attached hydrogens (tertiary/aromatic N) is 1. The molecule has 0 fully saturated rings. The van der Waals surface area contributed by atoms with Crippen LogP contribution in [0.15, 0.2) is 48.5 Å². The van der Waals surface area contributed by atoms with Gasteiger partial charge in [-0.25, -0.2) is 0 Å². The van der Waals surface area contributed by atoms with Crippen molar-refractivity contribution >= 4 is 28.0 Å². The van der Waals surface area contributed by atoms with Crippen LogP contribution in [0.1, 0.15) is 33.1 Å². The lowest BCUT2D eigenvalue weighted by atomic mass is 10.1. The van der Waals surface area contributed by atoms with Gasteiger partial charge in [-0.1, -0.05) is 62.4 Å². The molecule has 0 saturated carbocycles. The van der Waals surface area contributed by atoms with E-state index in [1.54, 1.807) is 7.11 Å². The smallest absolute Gasteiger partial charge is 0.159 e. The molecule has 25 heavy (non-hydrogen) atoms. The molecule has 2 aromatic carbocycles. The van der Waals surface area contributed by atoms with Crippen molar-refractivity contribution < 1.29 is 4.74 Å². The molecule has 0 bridgehead atoms. The zero-order valence-electron chi connectivity index (χ0n) is 16.2. The van der Waals surface area contributed by atoms with Gasteiger partial charge in [0.1, 0.15) is 0 Å². The van der Waals surface area contributed by atoms with Crippen molar-refractivity contribution in [3.05, 3.63) is 48.5 Å². The fourth-order valence-electron chi connectivity index (χ4n) is 2.38. The van der Waals surface area contributed by atoms with Gasteiger partial charge in [-0.05, 0) is 62.5 Å². The molecule has 0 spiro atoms. The number of nitrogens with two attached hydrogens (primary N) is 1. The summed E-state index contributed by atoms with van der Waals surface area (Å²) in [6.07, 6.45) is 3.28. The van der Waals surface area contributed by atoms with E-state index in [9.17, 15) is 0 Å². The van der Waals surface area contributed by atoms with E-state index in [-0.39, 0.29) is 0 Å². The average molecular weight is 363 g/mol. The highest BCUT2D eigenvalue weighted by atomic mass is 32.1. The number of thiocarbonyl (C=S) groups is 1. The van der Waals surface area contributed by atoms with Crippen LogP contribution in [0.5, 0.6) is 0 Å². The Morgan fingerprint density at radius 2 is 1.36 bits per heavy atom. The quantitative estimate of drug-likeness (QED) is 0.562. The maximum atomic E-state index is 4.96. The monoisotopic (exact) mass is 362 g/mol. The fraction of sp³-hybridized carbons (Fsp3) is 0.476. The van der Waals surface area contributed by atoms with Gasteiger partial charge in [-0.3, -0.25) is 0 Å². The molecule has 4 heteroatoms. The average Bonchev–Trinajstić information content (AvgIpc) is 2.70. The van der Waals surface area contributed by atoms with Crippen molar-refractivity contribution in [1.82, 2.24) is 4.90 Å². The molecular formula is C21H34N2OS. The molecule has 0 saturated heterocycles. The third-order valence-electron chi connectivity index (χ3n) is 3.89. The van der Waals surface area contributed by atoms with Crippen LogP contribution in [0.2, 0.25) is 0 Å². The molecule has 3 nitrogen and oxygen atoms in total. The highest BCUT2D eigenvalue weighted by Crippen LogP contribution is 2.11. The zero-order chi connectivity index (χ0) is 18.9. The van der Waals surface area contributed by atoms with Crippen molar-refractivity contribution in [2.24, 2.45) is 5.73 Å². The van der Waals surface area contributed by atoms with Crippen LogP contribution in [0.25, 0.3) is 10.8 Å². The normalized spacial score (nSPS) is 9.68. The molecule has 2 aromatic rings. The summed E-state index contributed by atoms with van der Waals surface area (Å²) in [5.41, 5.74) is 4.50. The summed E-state index contributed by atoms with van der Waals surface area (Å²) < 4.78 is 4.93. The maximum Gasteiger partial charge on any atom is 0.159 e. The fourth-order valence-corrected chi connectivity index (χ4v) is 2.52. The first-order valence-electron chi connectivity index (χ1n) is 9.01. The summed E-state index contributed by atoms with van der Waals surface area (Å²) in [6, 6.07) is 16.7. The minimum absolute atomic E-state index is 0.736. The van der Waals surface area contributed by atoms with Gasteiger partial charge >= 0.3 is 0 Å². The molecule has 2 rings (SSSR count). The van der Waals surface area contributed by atoms with Gasteiger partial charge in [0.2, 0.25) is 0 Å². The largest absolute Gasteiger partial charge is 0.490 e. The molecule has 140 valence electrons. The number of benzene rings is 2. The number of unbranched alkanes of at least 4 members (excludes halogenated alkanes) is 1. The van der Waals surface area contributed by atoms with Crippen LogP contribution in [-0.2, 0) is 4.74 Å². The van der Waals surface area contributed by atoms with Gasteiger partial charge in [0.05, 0.1) is 7.11 Å². The first-order chi connectivity index (χ1) is 12.2. The van der Waals surface area contributed by atoms with Crippen LogP contribution in [0.3, 0.4) is 0 Å². The van der Waals surface area contributed by atoms with Gasteiger partial charge < -0.3 is 15.4 Å². The molecule has 0 aliphatic carbocycles. The molecule has 0 aromatic heterocycles. The number of ether oxygens (including phenoxy) is 1. The van der Waals surface area contributed by atoms with E-state index in [0.29, 0.717) is 0 Å². The minimum Gasteiger partial charge on any atom is -0.490 e.